The van der Waals surface area contributed by atoms with Crippen molar-refractivity contribution >= 4 is 17.2 Å². The molecule has 150 valence electrons. The van der Waals surface area contributed by atoms with Crippen LogP contribution < -0.4 is 5.32 Å². The molecule has 0 bridgehead atoms. The summed E-state index contributed by atoms with van der Waals surface area (Å²) in [5, 5.41) is 9.01. The summed E-state index contributed by atoms with van der Waals surface area (Å²) in [6.07, 6.45) is 1.71. The van der Waals surface area contributed by atoms with Crippen LogP contribution in [0.5, 0.6) is 0 Å². The average Bonchev–Trinajstić information content (AvgIpc) is 3.46. The van der Waals surface area contributed by atoms with Gasteiger partial charge < -0.3 is 9.84 Å². The van der Waals surface area contributed by atoms with E-state index < -0.39 is 0 Å². The number of fused-ring (bicyclic) bond motifs is 1. The van der Waals surface area contributed by atoms with Crippen LogP contribution in [0.1, 0.15) is 40.6 Å². The van der Waals surface area contributed by atoms with Crippen LogP contribution in [0, 0.1) is 12.8 Å². The molecule has 0 radical (unpaired) electrons. The van der Waals surface area contributed by atoms with Gasteiger partial charge in [-0.25, -0.2) is 4.98 Å². The van der Waals surface area contributed by atoms with E-state index in [1.165, 1.54) is 16.9 Å². The Kier molecular flexibility index (Phi) is 4.67. The Balaban J connectivity index is 1.36. The number of hydrogen-bond acceptors (Lipinski definition) is 7. The fraction of sp³-hybridized carbons (Fsp3) is 0.429. The monoisotopic (exact) mass is 409 g/mol. The molecule has 29 heavy (non-hydrogen) atoms. The minimum Gasteiger partial charge on any atom is -0.348 e. The molecule has 1 aromatic carbocycles. The molecule has 0 spiro atoms. The van der Waals surface area contributed by atoms with Crippen molar-refractivity contribution in [3.63, 3.8) is 0 Å². The standard InChI is InChI=1S/C21H23N5O2S/c1-14-23-20(28-25-14)21-8-17(24-19(27)18-11-29-13-22-18)7-16(21)10-26(12-21)9-15-5-3-2-4-6-15/h2-6,11,13,16-17H,7-10,12H2,1H3,(H,24,27)/t16-,17+,21-/m0/s1. The normalized spacial score (nSPS) is 26.5. The minimum absolute atomic E-state index is 0.0836. The Morgan fingerprint density at radius 3 is 2.97 bits per heavy atom. The molecule has 1 N–H and O–H groups in total. The lowest BCUT2D eigenvalue weighted by atomic mass is 9.80. The van der Waals surface area contributed by atoms with Crippen LogP contribution in [-0.2, 0) is 12.0 Å². The van der Waals surface area contributed by atoms with Gasteiger partial charge in [-0.3, -0.25) is 9.69 Å². The maximum Gasteiger partial charge on any atom is 0.270 e. The number of benzene rings is 1. The van der Waals surface area contributed by atoms with Crippen LogP contribution >= 0.6 is 11.3 Å². The van der Waals surface area contributed by atoms with Crippen molar-refractivity contribution in [1.29, 1.82) is 0 Å². The third-order valence-corrected chi connectivity index (χ3v) is 6.73. The van der Waals surface area contributed by atoms with Gasteiger partial charge in [0.05, 0.1) is 10.9 Å². The molecule has 0 unspecified atom stereocenters. The summed E-state index contributed by atoms with van der Waals surface area (Å²) in [6.45, 7) is 4.57. The first kappa shape index (κ1) is 18.4. The molecule has 1 amide bonds. The predicted octanol–water partition coefficient (Wildman–Crippen LogP) is 2.80. The molecule has 1 aliphatic heterocycles. The van der Waals surface area contributed by atoms with E-state index >= 15 is 0 Å². The highest BCUT2D eigenvalue weighted by Crippen LogP contribution is 2.50. The number of rotatable bonds is 5. The van der Waals surface area contributed by atoms with Gasteiger partial charge in [-0.1, -0.05) is 35.5 Å². The number of thiazole rings is 1. The van der Waals surface area contributed by atoms with Crippen LogP contribution in [0.15, 0.2) is 45.7 Å². The van der Waals surface area contributed by atoms with Crippen LogP contribution in [0.25, 0.3) is 0 Å². The Morgan fingerprint density at radius 1 is 1.38 bits per heavy atom. The molecule has 5 rings (SSSR count). The second-order valence-electron chi connectivity index (χ2n) is 8.14. The number of nitrogens with zero attached hydrogens (tertiary/aromatic N) is 4. The molecule has 1 saturated carbocycles. The first-order chi connectivity index (χ1) is 14.1. The zero-order valence-corrected chi connectivity index (χ0v) is 17.1. The van der Waals surface area contributed by atoms with Crippen molar-refractivity contribution in [3.05, 3.63) is 64.2 Å². The van der Waals surface area contributed by atoms with Gasteiger partial charge in [0, 0.05) is 31.1 Å². The Labute approximate surface area is 173 Å². The van der Waals surface area contributed by atoms with Gasteiger partial charge >= 0.3 is 0 Å². The summed E-state index contributed by atoms with van der Waals surface area (Å²) >= 11 is 1.43. The molecule has 1 aliphatic carbocycles. The van der Waals surface area contributed by atoms with Gasteiger partial charge in [0.25, 0.3) is 5.91 Å². The van der Waals surface area contributed by atoms with Crippen LogP contribution in [0.2, 0.25) is 0 Å². The fourth-order valence-electron chi connectivity index (χ4n) is 4.96. The van der Waals surface area contributed by atoms with Crippen molar-refractivity contribution in [2.45, 2.75) is 37.8 Å². The lowest BCUT2D eigenvalue weighted by molar-refractivity contribution is 0.0929. The fourth-order valence-corrected chi connectivity index (χ4v) is 5.49. The maximum absolute atomic E-state index is 12.5. The van der Waals surface area contributed by atoms with Crippen molar-refractivity contribution in [3.8, 4) is 0 Å². The number of nitrogens with one attached hydrogen (secondary N) is 1. The van der Waals surface area contributed by atoms with Gasteiger partial charge in [-0.2, -0.15) is 4.98 Å². The van der Waals surface area contributed by atoms with Gasteiger partial charge in [0.15, 0.2) is 5.82 Å². The topological polar surface area (TPSA) is 84.2 Å². The van der Waals surface area contributed by atoms with Gasteiger partial charge in [-0.15, -0.1) is 11.3 Å². The largest absolute Gasteiger partial charge is 0.348 e. The average molecular weight is 410 g/mol. The lowest BCUT2D eigenvalue weighted by Gasteiger charge is -2.25. The summed E-state index contributed by atoms with van der Waals surface area (Å²) < 4.78 is 5.67. The molecule has 2 fully saturated rings. The molecule has 8 heteroatoms. The van der Waals surface area contributed by atoms with E-state index in [2.05, 4.69) is 49.6 Å². The van der Waals surface area contributed by atoms with Crippen molar-refractivity contribution in [1.82, 2.24) is 25.3 Å². The van der Waals surface area contributed by atoms with Crippen LogP contribution in [0.4, 0.5) is 0 Å². The summed E-state index contributed by atoms with van der Waals surface area (Å²) in [6, 6.07) is 10.6. The molecular weight excluding hydrogens is 386 g/mol. The molecule has 2 aromatic heterocycles. The van der Waals surface area contributed by atoms with Crippen LogP contribution in [-0.4, -0.2) is 45.1 Å². The number of hydrogen-bond donors (Lipinski definition) is 1. The molecule has 1 saturated heterocycles. The molecule has 7 nitrogen and oxygen atoms in total. The summed E-state index contributed by atoms with van der Waals surface area (Å²) in [7, 11) is 0. The molecule has 3 heterocycles. The second kappa shape index (κ2) is 7.35. The first-order valence-electron chi connectivity index (χ1n) is 9.88. The first-order valence-corrected chi connectivity index (χ1v) is 10.8. The highest BCUT2D eigenvalue weighted by molar-refractivity contribution is 7.07. The van der Waals surface area contributed by atoms with E-state index in [0.717, 1.165) is 32.5 Å². The third-order valence-electron chi connectivity index (χ3n) is 6.15. The molecule has 3 aromatic rings. The smallest absolute Gasteiger partial charge is 0.270 e. The van der Waals surface area contributed by atoms with E-state index in [9.17, 15) is 4.79 Å². The summed E-state index contributed by atoms with van der Waals surface area (Å²) in [4.78, 5) is 23.7. The van der Waals surface area contributed by atoms with E-state index in [4.69, 9.17) is 4.52 Å². The van der Waals surface area contributed by atoms with E-state index in [0.29, 0.717) is 23.3 Å². The molecular formula is C21H23N5O2S. The number of likely N-dealkylation sites (tertiary alicyclic amines) is 1. The SMILES string of the molecule is Cc1noc([C@]23C[C@H](NC(=O)c4cscn4)C[C@H]2CN(Cc2ccccc2)C3)n1. The quantitative estimate of drug-likeness (QED) is 0.698. The highest BCUT2D eigenvalue weighted by Gasteiger charge is 2.57. The summed E-state index contributed by atoms with van der Waals surface area (Å²) in [5.41, 5.74) is 3.26. The number of aryl methyl sites for hydroxylation is 1. The Bertz CT molecular complexity index is 990. The van der Waals surface area contributed by atoms with Crippen molar-refractivity contribution < 1.29 is 9.32 Å². The zero-order valence-electron chi connectivity index (χ0n) is 16.2. The summed E-state index contributed by atoms with van der Waals surface area (Å²) in [5.74, 6) is 1.63. The Morgan fingerprint density at radius 2 is 2.24 bits per heavy atom. The van der Waals surface area contributed by atoms with Crippen LogP contribution in [0.3, 0.4) is 0 Å². The van der Waals surface area contributed by atoms with Gasteiger partial charge in [-0.05, 0) is 31.2 Å². The van der Waals surface area contributed by atoms with Crippen molar-refractivity contribution in [2.75, 3.05) is 13.1 Å². The van der Waals surface area contributed by atoms with E-state index in [1.54, 1.807) is 10.9 Å². The van der Waals surface area contributed by atoms with Gasteiger partial charge in [0.1, 0.15) is 5.69 Å². The molecule has 3 atom stereocenters. The van der Waals surface area contributed by atoms with E-state index in [1.807, 2.05) is 13.0 Å². The van der Waals surface area contributed by atoms with Gasteiger partial charge in [0.2, 0.25) is 5.89 Å². The number of carbonyl (C=O) groups is 1. The number of amides is 1. The predicted molar refractivity (Wildman–Crippen MR) is 109 cm³/mol. The third kappa shape index (κ3) is 3.47. The minimum atomic E-state index is -0.212. The highest BCUT2D eigenvalue weighted by atomic mass is 32.1. The maximum atomic E-state index is 12.5. The Hall–Kier alpha value is -2.58. The lowest BCUT2D eigenvalue weighted by Crippen LogP contribution is -2.38. The van der Waals surface area contributed by atoms with E-state index in [-0.39, 0.29) is 17.4 Å². The second-order valence-corrected chi connectivity index (χ2v) is 8.86. The molecule has 2 aliphatic rings. The van der Waals surface area contributed by atoms with Crippen molar-refractivity contribution in [2.24, 2.45) is 5.92 Å². The number of carbonyl (C=O) groups excluding carboxylic acids is 1. The zero-order chi connectivity index (χ0) is 19.8. The number of aromatic nitrogens is 3.